The Labute approximate surface area is 127 Å². The normalized spacial score (nSPS) is 11.7. The molecule has 0 aliphatic heterocycles. The highest BCUT2D eigenvalue weighted by Crippen LogP contribution is 2.26. The van der Waals surface area contributed by atoms with Gasteiger partial charge in [0.15, 0.2) is 0 Å². The van der Waals surface area contributed by atoms with Crippen molar-refractivity contribution in [3.8, 4) is 0 Å². The number of hydrogen-bond acceptors (Lipinski definition) is 5. The predicted octanol–water partition coefficient (Wildman–Crippen LogP) is 3.25. The van der Waals surface area contributed by atoms with Gasteiger partial charge in [0.05, 0.1) is 10.6 Å². The second kappa shape index (κ2) is 6.38. The van der Waals surface area contributed by atoms with E-state index in [-0.39, 0.29) is 12.1 Å². The van der Waals surface area contributed by atoms with Crippen LogP contribution in [0.1, 0.15) is 32.8 Å². The first-order valence-electron chi connectivity index (χ1n) is 7.00. The number of aryl methyl sites for hydroxylation is 1. The van der Waals surface area contributed by atoms with E-state index in [0.29, 0.717) is 16.7 Å². The van der Waals surface area contributed by atoms with Gasteiger partial charge >= 0.3 is 5.97 Å². The summed E-state index contributed by atoms with van der Waals surface area (Å²) >= 11 is 0. The van der Waals surface area contributed by atoms with Crippen molar-refractivity contribution in [1.29, 1.82) is 0 Å². The first-order valence-corrected chi connectivity index (χ1v) is 7.00. The summed E-state index contributed by atoms with van der Waals surface area (Å²) in [6.45, 7) is 6.08. The third kappa shape index (κ3) is 2.98. The van der Waals surface area contributed by atoms with E-state index in [1.54, 1.807) is 19.9 Å². The van der Waals surface area contributed by atoms with Crippen LogP contribution in [-0.2, 0) is 16.2 Å². The largest absolute Gasteiger partial charge is 0.347 e. The zero-order valence-electron chi connectivity index (χ0n) is 12.7. The van der Waals surface area contributed by atoms with Crippen molar-refractivity contribution in [2.45, 2.75) is 33.7 Å². The lowest BCUT2D eigenvalue weighted by Gasteiger charge is -1.99. The maximum absolute atomic E-state index is 11.2. The molecule has 1 aromatic carbocycles. The second-order valence-electron chi connectivity index (χ2n) is 4.78. The first-order chi connectivity index (χ1) is 10.5. The van der Waals surface area contributed by atoms with E-state index in [2.05, 4.69) is 5.16 Å². The summed E-state index contributed by atoms with van der Waals surface area (Å²) in [4.78, 5) is 26.5. The highest BCUT2D eigenvalue weighted by molar-refractivity contribution is 6.10. The van der Waals surface area contributed by atoms with Crippen LogP contribution >= 0.6 is 0 Å². The Morgan fingerprint density at radius 3 is 2.73 bits per heavy atom. The molecule has 2 aromatic rings. The zero-order chi connectivity index (χ0) is 16.3. The van der Waals surface area contributed by atoms with Crippen molar-refractivity contribution in [2.24, 2.45) is 5.16 Å². The van der Waals surface area contributed by atoms with E-state index >= 15 is 0 Å². The molecule has 1 heterocycles. The molecule has 0 amide bonds. The van der Waals surface area contributed by atoms with Gasteiger partial charge in [-0.2, -0.15) is 0 Å². The summed E-state index contributed by atoms with van der Waals surface area (Å²) in [6, 6.07) is 4.70. The van der Waals surface area contributed by atoms with Crippen molar-refractivity contribution < 1.29 is 14.6 Å². The standard InChI is InChI=1S/C15H17N3O4/c1-4-15(19)22-16-10(3)13-9-17(5-2)14-7-6-11(18(20)21)8-12(13)14/h6-9H,4-5H2,1-3H3. The van der Waals surface area contributed by atoms with Crippen LogP contribution in [0.3, 0.4) is 0 Å². The maximum Gasteiger partial charge on any atom is 0.334 e. The summed E-state index contributed by atoms with van der Waals surface area (Å²) in [7, 11) is 0. The fraction of sp³-hybridized carbons (Fsp3) is 0.333. The molecule has 1 aromatic heterocycles. The minimum atomic E-state index is -0.434. The molecular formula is C15H17N3O4. The smallest absolute Gasteiger partial charge is 0.334 e. The number of oxime groups is 1. The van der Waals surface area contributed by atoms with Crippen LogP contribution in [0, 0.1) is 10.1 Å². The Bertz CT molecular complexity index is 761. The number of hydrogen-bond donors (Lipinski definition) is 0. The highest BCUT2D eigenvalue weighted by Gasteiger charge is 2.15. The van der Waals surface area contributed by atoms with Crippen LogP contribution in [0.25, 0.3) is 10.9 Å². The first kappa shape index (κ1) is 15.7. The minimum Gasteiger partial charge on any atom is -0.347 e. The van der Waals surface area contributed by atoms with Crippen molar-refractivity contribution in [3.63, 3.8) is 0 Å². The van der Waals surface area contributed by atoms with E-state index in [0.717, 1.165) is 12.1 Å². The van der Waals surface area contributed by atoms with Gasteiger partial charge in [0.1, 0.15) is 0 Å². The van der Waals surface area contributed by atoms with Crippen molar-refractivity contribution >= 4 is 28.3 Å². The van der Waals surface area contributed by atoms with Crippen LogP contribution in [0.5, 0.6) is 0 Å². The number of nitro groups is 1. The van der Waals surface area contributed by atoms with E-state index in [4.69, 9.17) is 4.84 Å². The average molecular weight is 303 g/mol. The zero-order valence-corrected chi connectivity index (χ0v) is 12.7. The fourth-order valence-corrected chi connectivity index (χ4v) is 2.18. The summed E-state index contributed by atoms with van der Waals surface area (Å²) in [5, 5.41) is 15.5. The Morgan fingerprint density at radius 2 is 2.14 bits per heavy atom. The van der Waals surface area contributed by atoms with Crippen molar-refractivity contribution in [3.05, 3.63) is 40.1 Å². The molecule has 0 atom stereocenters. The van der Waals surface area contributed by atoms with Crippen LogP contribution in [-0.4, -0.2) is 21.2 Å². The lowest BCUT2D eigenvalue weighted by atomic mass is 10.1. The molecule has 0 spiro atoms. The molecule has 0 unspecified atom stereocenters. The topological polar surface area (TPSA) is 86.7 Å². The van der Waals surface area contributed by atoms with Gasteiger partial charge in [-0.15, -0.1) is 0 Å². The van der Waals surface area contributed by atoms with Gasteiger partial charge in [0.2, 0.25) is 0 Å². The molecule has 7 heteroatoms. The Kier molecular flexibility index (Phi) is 4.55. The van der Waals surface area contributed by atoms with Gasteiger partial charge < -0.3 is 9.40 Å². The number of carbonyl (C=O) groups is 1. The number of carbonyl (C=O) groups excluding carboxylic acids is 1. The molecule has 0 bridgehead atoms. The van der Waals surface area contributed by atoms with Crippen molar-refractivity contribution in [2.75, 3.05) is 0 Å². The lowest BCUT2D eigenvalue weighted by Crippen LogP contribution is -2.01. The SMILES string of the molecule is CCC(=O)ON=C(C)c1cn(CC)c2ccc([N+](=O)[O-])cc12. The number of nitrogens with zero attached hydrogens (tertiary/aromatic N) is 3. The number of rotatable bonds is 5. The van der Waals surface area contributed by atoms with Gasteiger partial charge in [0.25, 0.3) is 5.69 Å². The van der Waals surface area contributed by atoms with Gasteiger partial charge in [0, 0.05) is 47.8 Å². The Balaban J connectivity index is 2.54. The van der Waals surface area contributed by atoms with E-state index in [1.165, 1.54) is 12.1 Å². The number of nitro benzene ring substituents is 1. The van der Waals surface area contributed by atoms with Crippen LogP contribution in [0.15, 0.2) is 29.6 Å². The number of non-ortho nitro benzene ring substituents is 1. The van der Waals surface area contributed by atoms with Gasteiger partial charge in [-0.05, 0) is 19.9 Å². The van der Waals surface area contributed by atoms with Gasteiger partial charge in [-0.25, -0.2) is 4.79 Å². The van der Waals surface area contributed by atoms with Crippen LogP contribution < -0.4 is 0 Å². The summed E-state index contributed by atoms with van der Waals surface area (Å²) in [6.07, 6.45) is 2.09. The fourth-order valence-electron chi connectivity index (χ4n) is 2.18. The third-order valence-corrected chi connectivity index (χ3v) is 3.38. The Morgan fingerprint density at radius 1 is 1.41 bits per heavy atom. The van der Waals surface area contributed by atoms with Crippen LogP contribution in [0.4, 0.5) is 5.69 Å². The molecule has 0 aliphatic carbocycles. The van der Waals surface area contributed by atoms with Crippen LogP contribution in [0.2, 0.25) is 0 Å². The van der Waals surface area contributed by atoms with Crippen molar-refractivity contribution in [1.82, 2.24) is 4.57 Å². The summed E-state index contributed by atoms with van der Waals surface area (Å²) in [5.41, 5.74) is 2.10. The molecule has 0 N–H and O–H groups in total. The van der Waals surface area contributed by atoms with E-state index in [9.17, 15) is 14.9 Å². The molecule has 0 fully saturated rings. The molecule has 0 saturated carbocycles. The molecule has 0 aliphatic rings. The Hall–Kier alpha value is -2.70. The second-order valence-corrected chi connectivity index (χ2v) is 4.78. The van der Waals surface area contributed by atoms with E-state index in [1.807, 2.05) is 17.7 Å². The minimum absolute atomic E-state index is 0.0148. The molecule has 2 rings (SSSR count). The molecule has 116 valence electrons. The summed E-state index contributed by atoms with van der Waals surface area (Å²) in [5.74, 6) is -0.426. The molecular weight excluding hydrogens is 286 g/mol. The quantitative estimate of drug-likeness (QED) is 0.367. The van der Waals surface area contributed by atoms with E-state index < -0.39 is 10.9 Å². The number of fused-ring (bicyclic) bond motifs is 1. The van der Waals surface area contributed by atoms with Gasteiger partial charge in [-0.1, -0.05) is 12.1 Å². The molecule has 22 heavy (non-hydrogen) atoms. The average Bonchev–Trinajstić information content (AvgIpc) is 2.90. The molecule has 0 radical (unpaired) electrons. The lowest BCUT2D eigenvalue weighted by molar-refractivity contribution is -0.384. The maximum atomic E-state index is 11.2. The molecule has 0 saturated heterocycles. The third-order valence-electron chi connectivity index (χ3n) is 3.38. The molecule has 7 nitrogen and oxygen atoms in total. The predicted molar refractivity (Wildman–Crippen MR) is 82.9 cm³/mol. The van der Waals surface area contributed by atoms with Gasteiger partial charge in [-0.3, -0.25) is 10.1 Å². The highest BCUT2D eigenvalue weighted by atomic mass is 16.7. The number of benzene rings is 1. The summed E-state index contributed by atoms with van der Waals surface area (Å²) < 4.78 is 1.97. The monoisotopic (exact) mass is 303 g/mol. The number of aromatic nitrogens is 1.